The summed E-state index contributed by atoms with van der Waals surface area (Å²) in [6.45, 7) is 2.48. The first-order valence-electron chi connectivity index (χ1n) is 10.7. The van der Waals surface area contributed by atoms with Gasteiger partial charge in [0.25, 0.3) is 5.91 Å². The third kappa shape index (κ3) is 6.96. The second kappa shape index (κ2) is 11.7. The number of rotatable bonds is 5. The molecule has 0 unspecified atom stereocenters. The Kier molecular flexibility index (Phi) is 8.45. The molecule has 34 heavy (non-hydrogen) atoms. The van der Waals surface area contributed by atoms with Crippen molar-refractivity contribution in [3.8, 4) is 11.5 Å². The number of likely N-dealkylation sites (N-methyl/N-ethyl adjacent to an activating group) is 1. The Bertz CT molecular complexity index is 1120. The van der Waals surface area contributed by atoms with Gasteiger partial charge in [0.2, 0.25) is 0 Å². The van der Waals surface area contributed by atoms with Gasteiger partial charge in [-0.1, -0.05) is 18.2 Å². The van der Waals surface area contributed by atoms with Crippen LogP contribution in [0.2, 0.25) is 0 Å². The molecule has 0 aliphatic carbocycles. The molecule has 0 spiro atoms. The molecular weight excluding hydrogens is 439 g/mol. The van der Waals surface area contributed by atoms with Crippen molar-refractivity contribution in [2.24, 2.45) is 0 Å². The van der Waals surface area contributed by atoms with Gasteiger partial charge in [-0.25, -0.2) is 4.39 Å². The Morgan fingerprint density at radius 1 is 1.09 bits per heavy atom. The van der Waals surface area contributed by atoms with E-state index in [-0.39, 0.29) is 18.0 Å². The van der Waals surface area contributed by atoms with E-state index >= 15 is 0 Å². The first-order valence-corrected chi connectivity index (χ1v) is 10.7. The second-order valence-electron chi connectivity index (χ2n) is 7.58. The molecule has 0 aromatic heterocycles. The van der Waals surface area contributed by atoms with Gasteiger partial charge in [-0.15, -0.1) is 0 Å². The van der Waals surface area contributed by atoms with Crippen LogP contribution in [-0.2, 0) is 9.53 Å². The number of ether oxygens (including phenoxy) is 3. The van der Waals surface area contributed by atoms with Crippen LogP contribution in [0.25, 0.3) is 0 Å². The van der Waals surface area contributed by atoms with Crippen molar-refractivity contribution in [2.45, 2.75) is 13.0 Å². The predicted octanol–water partition coefficient (Wildman–Crippen LogP) is 4.53. The summed E-state index contributed by atoms with van der Waals surface area (Å²) in [5.74, 6) is 0.544. The van der Waals surface area contributed by atoms with Gasteiger partial charge < -0.3 is 24.4 Å². The number of benzene rings is 3. The minimum absolute atomic E-state index is 0.0918. The van der Waals surface area contributed by atoms with E-state index in [9.17, 15) is 14.0 Å². The highest BCUT2D eigenvalue weighted by molar-refractivity contribution is 6.04. The maximum Gasteiger partial charge on any atom is 0.302 e. The van der Waals surface area contributed by atoms with E-state index in [4.69, 9.17) is 9.47 Å². The van der Waals surface area contributed by atoms with Crippen LogP contribution in [0.15, 0.2) is 72.8 Å². The zero-order valence-corrected chi connectivity index (χ0v) is 19.3. The first-order chi connectivity index (χ1) is 16.4. The van der Waals surface area contributed by atoms with Gasteiger partial charge in [-0.2, -0.15) is 0 Å². The lowest BCUT2D eigenvalue weighted by atomic mass is 10.2. The molecule has 8 heteroatoms. The van der Waals surface area contributed by atoms with Crippen molar-refractivity contribution in [2.75, 3.05) is 37.5 Å². The number of esters is 1. The van der Waals surface area contributed by atoms with Crippen LogP contribution < -0.4 is 19.7 Å². The van der Waals surface area contributed by atoms with Gasteiger partial charge in [-0.3, -0.25) is 9.59 Å². The highest BCUT2D eigenvalue weighted by Gasteiger charge is 2.23. The van der Waals surface area contributed by atoms with Crippen molar-refractivity contribution in [1.82, 2.24) is 0 Å². The molecule has 0 radical (unpaired) electrons. The quantitative estimate of drug-likeness (QED) is 0.557. The molecule has 1 atom stereocenters. The lowest BCUT2D eigenvalue weighted by molar-refractivity contribution is -0.137. The molecule has 4 rings (SSSR count). The van der Waals surface area contributed by atoms with Crippen LogP contribution in [0.1, 0.15) is 17.3 Å². The molecule has 1 aliphatic rings. The van der Waals surface area contributed by atoms with Crippen LogP contribution >= 0.6 is 0 Å². The summed E-state index contributed by atoms with van der Waals surface area (Å²) in [5, 5.41) is 2.67. The summed E-state index contributed by atoms with van der Waals surface area (Å²) in [7, 11) is 3.38. The van der Waals surface area contributed by atoms with Gasteiger partial charge in [0.1, 0.15) is 30.0 Å². The summed E-state index contributed by atoms with van der Waals surface area (Å²) in [6, 6.07) is 20.5. The highest BCUT2D eigenvalue weighted by Crippen LogP contribution is 2.32. The number of nitrogens with one attached hydrogen (secondary N) is 1. The van der Waals surface area contributed by atoms with Gasteiger partial charge in [0.15, 0.2) is 0 Å². The van der Waals surface area contributed by atoms with E-state index < -0.39 is 5.82 Å². The molecule has 0 fully saturated rings. The zero-order valence-electron chi connectivity index (χ0n) is 19.3. The van der Waals surface area contributed by atoms with Crippen molar-refractivity contribution < 1.29 is 28.2 Å². The molecular formula is C26H27FN2O5. The molecule has 1 aliphatic heterocycles. The number of anilines is 2. The Morgan fingerprint density at radius 2 is 1.79 bits per heavy atom. The third-order valence-corrected chi connectivity index (χ3v) is 4.97. The first kappa shape index (κ1) is 24.6. The summed E-state index contributed by atoms with van der Waals surface area (Å²) in [6.07, 6.45) is -0.0918. The molecule has 7 nitrogen and oxygen atoms in total. The molecule has 1 N–H and O–H groups in total. The SMILES string of the molecule is CN1C[C@@H](COc2ccc(C(=O)Nc3cccc(F)c3)cc2)Oc2ccccc21.COC(C)=O. The molecule has 1 heterocycles. The fourth-order valence-corrected chi connectivity index (χ4v) is 3.24. The van der Waals surface area contributed by atoms with Crippen LogP contribution in [0.5, 0.6) is 11.5 Å². The monoisotopic (exact) mass is 466 g/mol. The van der Waals surface area contributed by atoms with Crippen LogP contribution in [0.3, 0.4) is 0 Å². The van der Waals surface area contributed by atoms with Crippen molar-refractivity contribution >= 4 is 23.3 Å². The van der Waals surface area contributed by atoms with Crippen LogP contribution in [0.4, 0.5) is 15.8 Å². The zero-order chi connectivity index (χ0) is 24.5. The lowest BCUT2D eigenvalue weighted by Crippen LogP contribution is -2.41. The van der Waals surface area contributed by atoms with Crippen LogP contribution in [0, 0.1) is 5.82 Å². The molecule has 1 amide bonds. The number of carbonyl (C=O) groups is 2. The van der Waals surface area contributed by atoms with E-state index in [1.807, 2.05) is 31.3 Å². The smallest absolute Gasteiger partial charge is 0.302 e. The molecule has 3 aromatic rings. The van der Waals surface area contributed by atoms with E-state index in [0.717, 1.165) is 18.0 Å². The standard InChI is InChI=1S/C23H21FN2O3.C3H6O2/c1-26-14-20(29-22-8-3-2-7-21(22)26)15-28-19-11-9-16(10-12-19)23(27)25-18-6-4-5-17(24)13-18;1-3(4)5-2/h2-13,20H,14-15H2,1H3,(H,25,27);1-2H3/t20-;/m0./s1. The van der Waals surface area contributed by atoms with Crippen molar-refractivity contribution in [1.29, 1.82) is 0 Å². The average molecular weight is 467 g/mol. The molecule has 3 aromatic carbocycles. The minimum Gasteiger partial charge on any atom is -0.490 e. The van der Waals surface area contributed by atoms with E-state index in [1.165, 1.54) is 26.2 Å². The molecule has 0 bridgehead atoms. The van der Waals surface area contributed by atoms with Crippen molar-refractivity contribution in [3.05, 3.63) is 84.2 Å². The van der Waals surface area contributed by atoms with Crippen LogP contribution in [-0.4, -0.2) is 45.3 Å². The number of nitrogens with zero attached hydrogens (tertiary/aromatic N) is 1. The number of hydrogen-bond acceptors (Lipinski definition) is 6. The number of amides is 1. The molecule has 0 saturated carbocycles. The van der Waals surface area contributed by atoms with Gasteiger partial charge in [-0.05, 0) is 54.6 Å². The van der Waals surface area contributed by atoms with Crippen molar-refractivity contribution in [3.63, 3.8) is 0 Å². The number of halogens is 1. The molecule has 0 saturated heterocycles. The van der Waals surface area contributed by atoms with E-state index in [1.54, 1.807) is 36.4 Å². The Hall–Kier alpha value is -4.07. The summed E-state index contributed by atoms with van der Waals surface area (Å²) in [5.41, 5.74) is 1.94. The Labute approximate surface area is 198 Å². The maximum absolute atomic E-state index is 13.2. The average Bonchev–Trinajstić information content (AvgIpc) is 2.83. The van der Waals surface area contributed by atoms with Gasteiger partial charge in [0.05, 0.1) is 19.3 Å². The van der Waals surface area contributed by atoms with Gasteiger partial charge >= 0.3 is 5.97 Å². The lowest BCUT2D eigenvalue weighted by Gasteiger charge is -2.33. The third-order valence-electron chi connectivity index (χ3n) is 4.97. The topological polar surface area (TPSA) is 77.1 Å². The number of hydrogen-bond donors (Lipinski definition) is 1. The predicted molar refractivity (Wildman–Crippen MR) is 128 cm³/mol. The fraction of sp³-hybridized carbons (Fsp3) is 0.231. The number of para-hydroxylation sites is 2. The number of methoxy groups -OCH3 is 1. The summed E-state index contributed by atoms with van der Waals surface area (Å²) < 4.78 is 29.2. The largest absolute Gasteiger partial charge is 0.490 e. The highest BCUT2D eigenvalue weighted by atomic mass is 19.1. The Morgan fingerprint density at radius 3 is 2.47 bits per heavy atom. The van der Waals surface area contributed by atoms with E-state index in [2.05, 4.69) is 15.0 Å². The Balaban J connectivity index is 0.000000588. The van der Waals surface area contributed by atoms with Gasteiger partial charge in [0, 0.05) is 25.2 Å². The van der Waals surface area contributed by atoms with E-state index in [0.29, 0.717) is 23.6 Å². The number of carbonyl (C=O) groups excluding carboxylic acids is 2. The number of fused-ring (bicyclic) bond motifs is 1. The normalized spacial score (nSPS) is 14.0. The molecule has 178 valence electrons. The summed E-state index contributed by atoms with van der Waals surface area (Å²) in [4.78, 5) is 24.0. The maximum atomic E-state index is 13.2. The summed E-state index contributed by atoms with van der Waals surface area (Å²) >= 11 is 0. The second-order valence-corrected chi connectivity index (χ2v) is 7.58. The fourth-order valence-electron chi connectivity index (χ4n) is 3.24. The minimum atomic E-state index is -0.398.